The molecule has 3 amide bonds. The van der Waals surface area contributed by atoms with Crippen LogP contribution < -0.4 is 20.9 Å². The molecular formula is C25H31FN4O5. The summed E-state index contributed by atoms with van der Waals surface area (Å²) >= 11 is 0. The molecule has 1 aromatic carbocycles. The zero-order valence-electron chi connectivity index (χ0n) is 19.7. The van der Waals surface area contributed by atoms with E-state index in [0.717, 1.165) is 19.3 Å². The maximum absolute atomic E-state index is 13.8. The first-order valence-corrected chi connectivity index (χ1v) is 11.9. The second-order valence-electron chi connectivity index (χ2n) is 9.20. The monoisotopic (exact) mass is 486 g/mol. The van der Waals surface area contributed by atoms with Gasteiger partial charge in [-0.3, -0.25) is 14.4 Å². The first-order chi connectivity index (χ1) is 16.8. The topological polar surface area (TPSA) is 124 Å². The lowest BCUT2D eigenvalue weighted by molar-refractivity contribution is -0.130. The number of aliphatic hydroxyl groups excluding tert-OH is 1. The number of nitrogens with one attached hydrogen (secondary N) is 3. The smallest absolute Gasteiger partial charge is 0.287 e. The van der Waals surface area contributed by atoms with Crippen molar-refractivity contribution in [3.05, 3.63) is 53.7 Å². The predicted molar refractivity (Wildman–Crippen MR) is 127 cm³/mol. The minimum atomic E-state index is -1.07. The van der Waals surface area contributed by atoms with Crippen molar-refractivity contribution in [2.45, 2.75) is 56.2 Å². The molecule has 9 nitrogen and oxygen atoms in total. The summed E-state index contributed by atoms with van der Waals surface area (Å²) < 4.78 is 18.9. The summed E-state index contributed by atoms with van der Waals surface area (Å²) in [4.78, 5) is 40.2. The average Bonchev–Trinajstić information content (AvgIpc) is 3.40. The highest BCUT2D eigenvalue weighted by Gasteiger charge is 2.43. The fourth-order valence-corrected chi connectivity index (χ4v) is 4.98. The van der Waals surface area contributed by atoms with Gasteiger partial charge in [0.15, 0.2) is 5.76 Å². The molecule has 2 aliphatic rings. The molecule has 10 heteroatoms. The molecule has 1 aliphatic heterocycles. The van der Waals surface area contributed by atoms with Crippen molar-refractivity contribution in [3.8, 4) is 0 Å². The molecule has 35 heavy (non-hydrogen) atoms. The summed E-state index contributed by atoms with van der Waals surface area (Å²) in [5.74, 6) is -1.56. The SMILES string of the molecule is CNC(=O)c1cc(F)ccc1N1CCC(NC(=O)C2(NC(=O)c3ccco3)CCCCC2)C(O)C1. The van der Waals surface area contributed by atoms with Gasteiger partial charge in [-0.25, -0.2) is 4.39 Å². The lowest BCUT2D eigenvalue weighted by Crippen LogP contribution is -2.64. The zero-order chi connectivity index (χ0) is 25.0. The Bertz CT molecular complexity index is 1070. The standard InChI is InChI=1S/C25H31FN4O5/c1-27-22(32)17-14-16(26)7-8-19(17)30-12-9-18(20(31)15-30)28-24(34)25(10-3-2-4-11-25)29-23(33)21-6-5-13-35-21/h5-8,13-14,18,20,31H,2-4,9-12,15H2,1H3,(H,27,32)(H,28,34)(H,29,33). The van der Waals surface area contributed by atoms with Crippen molar-refractivity contribution >= 4 is 23.4 Å². The van der Waals surface area contributed by atoms with Crippen LogP contribution in [-0.2, 0) is 4.79 Å². The van der Waals surface area contributed by atoms with Crippen molar-refractivity contribution < 1.29 is 28.3 Å². The third-order valence-corrected chi connectivity index (χ3v) is 6.91. The average molecular weight is 487 g/mol. The maximum Gasteiger partial charge on any atom is 0.287 e. The molecule has 188 valence electrons. The fourth-order valence-electron chi connectivity index (χ4n) is 4.98. The molecule has 2 heterocycles. The summed E-state index contributed by atoms with van der Waals surface area (Å²) in [6, 6.07) is 6.60. The molecule has 2 fully saturated rings. The number of hydrogen-bond donors (Lipinski definition) is 4. The highest BCUT2D eigenvalue weighted by molar-refractivity contribution is 6.00. The molecule has 1 aliphatic carbocycles. The van der Waals surface area contributed by atoms with E-state index in [1.54, 1.807) is 12.1 Å². The minimum absolute atomic E-state index is 0.141. The van der Waals surface area contributed by atoms with Crippen LogP contribution in [0.5, 0.6) is 0 Å². The van der Waals surface area contributed by atoms with Crippen LogP contribution in [-0.4, -0.2) is 60.6 Å². The second-order valence-corrected chi connectivity index (χ2v) is 9.20. The van der Waals surface area contributed by atoms with Gasteiger partial charge < -0.3 is 30.4 Å². The van der Waals surface area contributed by atoms with Crippen LogP contribution in [0.4, 0.5) is 10.1 Å². The van der Waals surface area contributed by atoms with E-state index >= 15 is 0 Å². The summed E-state index contributed by atoms with van der Waals surface area (Å²) in [5, 5.41) is 19.2. The van der Waals surface area contributed by atoms with Crippen LogP contribution >= 0.6 is 0 Å². The molecule has 4 rings (SSSR count). The van der Waals surface area contributed by atoms with Gasteiger partial charge in [-0.2, -0.15) is 0 Å². The van der Waals surface area contributed by atoms with E-state index in [-0.39, 0.29) is 23.8 Å². The van der Waals surface area contributed by atoms with E-state index in [1.807, 2.05) is 4.90 Å². The Balaban J connectivity index is 1.45. The number of amides is 3. The van der Waals surface area contributed by atoms with Crippen molar-refractivity contribution in [2.75, 3.05) is 25.0 Å². The Morgan fingerprint density at radius 3 is 2.57 bits per heavy atom. The first-order valence-electron chi connectivity index (χ1n) is 11.9. The van der Waals surface area contributed by atoms with Crippen molar-refractivity contribution in [1.29, 1.82) is 0 Å². The molecule has 1 saturated carbocycles. The van der Waals surface area contributed by atoms with Gasteiger partial charge in [0.2, 0.25) is 5.91 Å². The number of benzene rings is 1. The van der Waals surface area contributed by atoms with Crippen LogP contribution in [0.3, 0.4) is 0 Å². The van der Waals surface area contributed by atoms with E-state index in [9.17, 15) is 23.9 Å². The molecule has 2 aromatic rings. The molecule has 1 saturated heterocycles. The van der Waals surface area contributed by atoms with E-state index in [2.05, 4.69) is 16.0 Å². The summed E-state index contributed by atoms with van der Waals surface area (Å²) in [5.41, 5.74) is -0.365. The number of carbonyl (C=O) groups excluding carboxylic acids is 3. The third-order valence-electron chi connectivity index (χ3n) is 6.91. The number of anilines is 1. The third kappa shape index (κ3) is 5.32. The number of halogens is 1. The van der Waals surface area contributed by atoms with Gasteiger partial charge in [0, 0.05) is 25.8 Å². The second kappa shape index (κ2) is 10.5. The van der Waals surface area contributed by atoms with Crippen LogP contribution in [0.25, 0.3) is 0 Å². The van der Waals surface area contributed by atoms with Crippen LogP contribution in [0.15, 0.2) is 41.0 Å². The Kier molecular flexibility index (Phi) is 7.39. The largest absolute Gasteiger partial charge is 0.459 e. The van der Waals surface area contributed by atoms with E-state index in [0.29, 0.717) is 31.5 Å². The quantitative estimate of drug-likeness (QED) is 0.495. The van der Waals surface area contributed by atoms with Gasteiger partial charge in [-0.05, 0) is 49.6 Å². The number of nitrogens with zero attached hydrogens (tertiary/aromatic N) is 1. The number of aliphatic hydroxyl groups is 1. The summed E-state index contributed by atoms with van der Waals surface area (Å²) in [6.07, 6.45) is 4.51. The van der Waals surface area contributed by atoms with Crippen LogP contribution in [0, 0.1) is 5.82 Å². The molecular weight excluding hydrogens is 455 g/mol. The highest BCUT2D eigenvalue weighted by atomic mass is 19.1. The number of hydrogen-bond acceptors (Lipinski definition) is 6. The van der Waals surface area contributed by atoms with Crippen molar-refractivity contribution in [1.82, 2.24) is 16.0 Å². The van der Waals surface area contributed by atoms with Crippen molar-refractivity contribution in [2.24, 2.45) is 0 Å². The van der Waals surface area contributed by atoms with Gasteiger partial charge in [0.05, 0.1) is 24.0 Å². The Morgan fingerprint density at radius 1 is 1.14 bits per heavy atom. The highest BCUT2D eigenvalue weighted by Crippen LogP contribution is 2.30. The summed E-state index contributed by atoms with van der Waals surface area (Å²) in [7, 11) is 1.47. The fraction of sp³-hybridized carbons (Fsp3) is 0.480. The van der Waals surface area contributed by atoms with E-state index in [1.165, 1.54) is 31.5 Å². The van der Waals surface area contributed by atoms with E-state index < -0.39 is 35.3 Å². The molecule has 2 unspecified atom stereocenters. The predicted octanol–water partition coefficient (Wildman–Crippen LogP) is 1.97. The first kappa shape index (κ1) is 24.7. The van der Waals surface area contributed by atoms with Gasteiger partial charge in [0.1, 0.15) is 11.4 Å². The number of β-amino-alcohol motifs (C(OH)–C–C–N with tert-alkyl or cyclic N) is 1. The van der Waals surface area contributed by atoms with Gasteiger partial charge in [-0.15, -0.1) is 0 Å². The Morgan fingerprint density at radius 2 is 1.91 bits per heavy atom. The number of piperidine rings is 1. The summed E-state index contributed by atoms with van der Waals surface area (Å²) in [6.45, 7) is 0.607. The normalized spacial score (nSPS) is 21.7. The minimum Gasteiger partial charge on any atom is -0.459 e. The molecule has 0 spiro atoms. The van der Waals surface area contributed by atoms with Gasteiger partial charge >= 0.3 is 0 Å². The van der Waals surface area contributed by atoms with Gasteiger partial charge in [-0.1, -0.05) is 19.3 Å². The maximum atomic E-state index is 13.8. The Labute approximate surface area is 203 Å². The molecule has 0 radical (unpaired) electrons. The zero-order valence-corrected chi connectivity index (χ0v) is 19.7. The lowest BCUT2D eigenvalue weighted by atomic mass is 9.80. The lowest BCUT2D eigenvalue weighted by Gasteiger charge is -2.41. The van der Waals surface area contributed by atoms with E-state index in [4.69, 9.17) is 4.42 Å². The number of furan rings is 1. The number of carbonyl (C=O) groups is 3. The molecule has 0 bridgehead atoms. The van der Waals surface area contributed by atoms with Crippen molar-refractivity contribution in [3.63, 3.8) is 0 Å². The van der Waals surface area contributed by atoms with Crippen LogP contribution in [0.1, 0.15) is 59.4 Å². The Hall–Kier alpha value is -3.40. The van der Waals surface area contributed by atoms with Crippen LogP contribution in [0.2, 0.25) is 0 Å². The number of rotatable bonds is 6. The molecule has 2 atom stereocenters. The molecule has 4 N–H and O–H groups in total. The molecule has 1 aromatic heterocycles. The van der Waals surface area contributed by atoms with Gasteiger partial charge in [0.25, 0.3) is 11.8 Å².